The van der Waals surface area contributed by atoms with Gasteiger partial charge in [-0.15, -0.1) is 11.6 Å². The second-order valence-electron chi connectivity index (χ2n) is 9.91. The van der Waals surface area contributed by atoms with Gasteiger partial charge in [-0.1, -0.05) is 69.9 Å². The third-order valence-corrected chi connectivity index (χ3v) is 7.50. The standard InChI is InChI=1S/C26H38ClN3O3/c1-18(2)24(28-25(32)23(27)21-11-5-4-6-12-21)26(33)29-15-16-30(19(3)17-29)22(31)14-13-20-9-7-8-10-20/h4-6,11-12,18-20,23-24H,7-10,13-17H2,1-3H3,(H,28,32). The first-order valence-corrected chi connectivity index (χ1v) is 12.8. The van der Waals surface area contributed by atoms with Crippen molar-refractivity contribution in [2.45, 2.75) is 76.8 Å². The molecule has 0 bridgehead atoms. The second kappa shape index (κ2) is 11.9. The number of piperazine rings is 1. The molecule has 1 aromatic rings. The molecule has 1 heterocycles. The molecule has 3 amide bonds. The van der Waals surface area contributed by atoms with Crippen LogP contribution in [0.4, 0.5) is 0 Å². The van der Waals surface area contributed by atoms with Crippen molar-refractivity contribution in [3.05, 3.63) is 35.9 Å². The zero-order chi connectivity index (χ0) is 24.0. The van der Waals surface area contributed by atoms with Gasteiger partial charge < -0.3 is 15.1 Å². The van der Waals surface area contributed by atoms with Crippen LogP contribution in [0.25, 0.3) is 0 Å². The summed E-state index contributed by atoms with van der Waals surface area (Å²) in [6, 6.07) is 8.44. The van der Waals surface area contributed by atoms with E-state index in [-0.39, 0.29) is 29.7 Å². The highest BCUT2D eigenvalue weighted by Crippen LogP contribution is 2.29. The van der Waals surface area contributed by atoms with Crippen LogP contribution in [-0.4, -0.2) is 59.2 Å². The van der Waals surface area contributed by atoms with Crippen molar-refractivity contribution in [1.29, 1.82) is 0 Å². The predicted octanol–water partition coefficient (Wildman–Crippen LogP) is 4.14. The quantitative estimate of drug-likeness (QED) is 0.574. The van der Waals surface area contributed by atoms with E-state index in [1.165, 1.54) is 25.7 Å². The minimum absolute atomic E-state index is 0.0348. The second-order valence-corrected chi connectivity index (χ2v) is 10.3. The lowest BCUT2D eigenvalue weighted by atomic mass is 9.99. The molecule has 1 aliphatic heterocycles. The van der Waals surface area contributed by atoms with Crippen molar-refractivity contribution in [3.8, 4) is 0 Å². The van der Waals surface area contributed by atoms with Gasteiger partial charge in [0.25, 0.3) is 0 Å². The minimum atomic E-state index is -0.853. The Balaban J connectivity index is 1.55. The van der Waals surface area contributed by atoms with Crippen LogP contribution in [0, 0.1) is 11.8 Å². The molecule has 33 heavy (non-hydrogen) atoms. The highest BCUT2D eigenvalue weighted by atomic mass is 35.5. The van der Waals surface area contributed by atoms with E-state index < -0.39 is 11.4 Å². The zero-order valence-electron chi connectivity index (χ0n) is 20.1. The minimum Gasteiger partial charge on any atom is -0.342 e. The molecule has 0 spiro atoms. The molecule has 0 radical (unpaired) electrons. The number of benzene rings is 1. The third kappa shape index (κ3) is 6.72. The summed E-state index contributed by atoms with van der Waals surface area (Å²) in [5, 5.41) is 2.02. The normalized spacial score (nSPS) is 21.2. The lowest BCUT2D eigenvalue weighted by Gasteiger charge is -2.41. The lowest BCUT2D eigenvalue weighted by Crippen LogP contribution is -2.60. The summed E-state index contributed by atoms with van der Waals surface area (Å²) in [7, 11) is 0. The number of amides is 3. The van der Waals surface area contributed by atoms with Gasteiger partial charge in [-0.05, 0) is 30.7 Å². The van der Waals surface area contributed by atoms with Crippen molar-refractivity contribution in [2.75, 3.05) is 19.6 Å². The Morgan fingerprint density at radius 1 is 1.09 bits per heavy atom. The van der Waals surface area contributed by atoms with E-state index >= 15 is 0 Å². The number of carbonyl (C=O) groups excluding carboxylic acids is 3. The van der Waals surface area contributed by atoms with E-state index in [9.17, 15) is 14.4 Å². The van der Waals surface area contributed by atoms with Crippen molar-refractivity contribution < 1.29 is 14.4 Å². The average molecular weight is 476 g/mol. The number of halogens is 1. The van der Waals surface area contributed by atoms with E-state index in [4.69, 9.17) is 11.6 Å². The Morgan fingerprint density at radius 3 is 2.36 bits per heavy atom. The highest BCUT2D eigenvalue weighted by molar-refractivity contribution is 6.30. The largest absolute Gasteiger partial charge is 0.342 e. The van der Waals surface area contributed by atoms with Crippen molar-refractivity contribution in [3.63, 3.8) is 0 Å². The van der Waals surface area contributed by atoms with Crippen molar-refractivity contribution >= 4 is 29.3 Å². The molecule has 1 saturated carbocycles. The van der Waals surface area contributed by atoms with E-state index in [2.05, 4.69) is 5.32 Å². The SMILES string of the molecule is CC(C)C(NC(=O)C(Cl)c1ccccc1)C(=O)N1CCN(C(=O)CCC2CCCC2)C(C)C1. The molecule has 1 saturated heterocycles. The molecule has 3 unspecified atom stereocenters. The molecule has 3 rings (SSSR count). The maximum Gasteiger partial charge on any atom is 0.245 e. The maximum atomic E-state index is 13.3. The topological polar surface area (TPSA) is 69.7 Å². The molecule has 1 aromatic carbocycles. The summed E-state index contributed by atoms with van der Waals surface area (Å²) in [5.74, 6) is 0.332. The summed E-state index contributed by atoms with van der Waals surface area (Å²) in [6.45, 7) is 7.34. The first kappa shape index (κ1) is 25.5. The number of alkyl halides is 1. The first-order valence-electron chi connectivity index (χ1n) is 12.4. The van der Waals surface area contributed by atoms with Crippen molar-refractivity contribution in [1.82, 2.24) is 15.1 Å². The van der Waals surface area contributed by atoms with Crippen molar-refractivity contribution in [2.24, 2.45) is 11.8 Å². The van der Waals surface area contributed by atoms with E-state index in [0.29, 0.717) is 37.5 Å². The lowest BCUT2D eigenvalue weighted by molar-refractivity contribution is -0.145. The molecule has 182 valence electrons. The molecule has 2 fully saturated rings. The van der Waals surface area contributed by atoms with Crippen LogP contribution in [0.2, 0.25) is 0 Å². The van der Waals surface area contributed by atoms with Gasteiger partial charge in [0.05, 0.1) is 0 Å². The number of carbonyl (C=O) groups is 3. The van der Waals surface area contributed by atoms with Gasteiger partial charge in [0, 0.05) is 32.1 Å². The Hall–Kier alpha value is -2.08. The molecule has 7 heteroatoms. The number of nitrogens with one attached hydrogen (secondary N) is 1. The van der Waals surface area contributed by atoms with Crippen LogP contribution in [0.1, 0.15) is 70.2 Å². The fourth-order valence-corrected chi connectivity index (χ4v) is 5.22. The van der Waals surface area contributed by atoms with Gasteiger partial charge in [-0.2, -0.15) is 0 Å². The molecule has 0 aromatic heterocycles. The molecule has 1 aliphatic carbocycles. The number of nitrogens with zero attached hydrogens (tertiary/aromatic N) is 2. The van der Waals surface area contributed by atoms with Crippen LogP contribution in [0.5, 0.6) is 0 Å². The maximum absolute atomic E-state index is 13.3. The Labute approximate surface area is 203 Å². The van der Waals surface area contributed by atoms with Crippen LogP contribution >= 0.6 is 11.6 Å². The summed E-state index contributed by atoms with van der Waals surface area (Å²) >= 11 is 6.37. The number of rotatable bonds is 8. The summed E-state index contributed by atoms with van der Waals surface area (Å²) < 4.78 is 0. The molecular formula is C26H38ClN3O3. The van der Waals surface area contributed by atoms with Crippen LogP contribution < -0.4 is 5.32 Å². The monoisotopic (exact) mass is 475 g/mol. The summed E-state index contributed by atoms with van der Waals surface area (Å²) in [5.41, 5.74) is 0.699. The molecule has 1 N–H and O–H groups in total. The van der Waals surface area contributed by atoms with E-state index in [0.717, 1.165) is 6.42 Å². The first-order chi connectivity index (χ1) is 15.8. The van der Waals surface area contributed by atoms with Gasteiger partial charge in [-0.25, -0.2) is 0 Å². The molecule has 3 atom stereocenters. The van der Waals surface area contributed by atoms with Gasteiger partial charge in [0.1, 0.15) is 11.4 Å². The van der Waals surface area contributed by atoms with Crippen LogP contribution in [0.3, 0.4) is 0 Å². The average Bonchev–Trinajstić information content (AvgIpc) is 3.34. The van der Waals surface area contributed by atoms with Crippen LogP contribution in [0.15, 0.2) is 30.3 Å². The fraction of sp³-hybridized carbons (Fsp3) is 0.654. The molecule has 6 nitrogen and oxygen atoms in total. The van der Waals surface area contributed by atoms with E-state index in [1.807, 2.05) is 43.9 Å². The molecular weight excluding hydrogens is 438 g/mol. The Kier molecular flexibility index (Phi) is 9.19. The van der Waals surface area contributed by atoms with E-state index in [1.54, 1.807) is 17.0 Å². The summed E-state index contributed by atoms with van der Waals surface area (Å²) in [4.78, 5) is 42.6. The van der Waals surface area contributed by atoms with Gasteiger partial charge in [0.15, 0.2) is 0 Å². The number of hydrogen-bond acceptors (Lipinski definition) is 3. The highest BCUT2D eigenvalue weighted by Gasteiger charge is 2.35. The molecule has 2 aliphatic rings. The van der Waals surface area contributed by atoms with Gasteiger partial charge in [-0.3, -0.25) is 14.4 Å². The number of hydrogen-bond donors (Lipinski definition) is 1. The third-order valence-electron chi connectivity index (χ3n) is 7.05. The smallest absolute Gasteiger partial charge is 0.245 e. The fourth-order valence-electron chi connectivity index (χ4n) is 5.01. The van der Waals surface area contributed by atoms with Gasteiger partial charge in [0.2, 0.25) is 17.7 Å². The Morgan fingerprint density at radius 2 is 1.76 bits per heavy atom. The Bertz CT molecular complexity index is 810. The van der Waals surface area contributed by atoms with Gasteiger partial charge >= 0.3 is 0 Å². The zero-order valence-corrected chi connectivity index (χ0v) is 20.9. The predicted molar refractivity (Wildman–Crippen MR) is 131 cm³/mol. The summed E-state index contributed by atoms with van der Waals surface area (Å²) in [6.07, 6.45) is 6.66. The van der Waals surface area contributed by atoms with Crippen LogP contribution in [-0.2, 0) is 14.4 Å².